The van der Waals surface area contributed by atoms with E-state index in [0.717, 1.165) is 12.1 Å². The van der Waals surface area contributed by atoms with E-state index in [4.69, 9.17) is 27.9 Å². The van der Waals surface area contributed by atoms with Crippen LogP contribution in [-0.2, 0) is 14.3 Å². The van der Waals surface area contributed by atoms with Crippen LogP contribution in [0.3, 0.4) is 0 Å². The minimum atomic E-state index is -0.543. The summed E-state index contributed by atoms with van der Waals surface area (Å²) in [5, 5.41) is 3.75. The number of Topliss-reactive ketones (excluding diaryl/α,β-unsaturated/α-hetero) is 1. The Hall–Kier alpha value is -1.30. The molecule has 0 saturated carbocycles. The lowest BCUT2D eigenvalue weighted by atomic mass is 9.70. The van der Waals surface area contributed by atoms with Crippen LogP contribution in [0, 0.1) is 5.41 Å². The van der Waals surface area contributed by atoms with Crippen LogP contribution in [0.5, 0.6) is 0 Å². The molecule has 1 aromatic heterocycles. The van der Waals surface area contributed by atoms with Gasteiger partial charge in [-0.2, -0.15) is 0 Å². The van der Waals surface area contributed by atoms with Crippen LogP contribution in [0.4, 0.5) is 0 Å². The average Bonchev–Trinajstić information content (AvgIpc) is 2.82. The van der Waals surface area contributed by atoms with Crippen LogP contribution >= 0.6 is 34.5 Å². The Balaban J connectivity index is 2.20. The first-order chi connectivity index (χ1) is 12.1. The van der Waals surface area contributed by atoms with Crippen LogP contribution in [0.1, 0.15) is 51.3 Å². The molecule has 0 saturated heterocycles. The highest BCUT2D eigenvalue weighted by Crippen LogP contribution is 2.50. The normalized spacial score (nSPS) is 22.2. The molecule has 0 spiro atoms. The number of carbonyl (C=O) groups is 2. The SMILES string of the molecule is CCOC(=O)C1=C(C)NC2=C(C(=O)CC(C)(C)C2)[C@H]1c1sc(Cl)cc1Cl. The fourth-order valence-electron chi connectivity index (χ4n) is 3.73. The van der Waals surface area contributed by atoms with Crippen molar-refractivity contribution in [3.8, 4) is 0 Å². The average molecular weight is 414 g/mol. The predicted octanol–water partition coefficient (Wildman–Crippen LogP) is 5.22. The molecule has 1 N–H and O–H groups in total. The van der Waals surface area contributed by atoms with E-state index in [1.807, 2.05) is 6.92 Å². The summed E-state index contributed by atoms with van der Waals surface area (Å²) in [5.74, 6) is -0.949. The summed E-state index contributed by atoms with van der Waals surface area (Å²) in [5.41, 5.74) is 2.46. The Labute approximate surface area is 167 Å². The number of hydrogen-bond acceptors (Lipinski definition) is 5. The van der Waals surface area contributed by atoms with Gasteiger partial charge in [0.2, 0.25) is 0 Å². The maximum Gasteiger partial charge on any atom is 0.336 e. The number of nitrogens with one attached hydrogen (secondary N) is 1. The van der Waals surface area contributed by atoms with Gasteiger partial charge in [0, 0.05) is 28.3 Å². The van der Waals surface area contributed by atoms with Crippen molar-refractivity contribution < 1.29 is 14.3 Å². The summed E-state index contributed by atoms with van der Waals surface area (Å²) in [6.07, 6.45) is 1.16. The summed E-state index contributed by atoms with van der Waals surface area (Å²) in [7, 11) is 0. The highest BCUT2D eigenvalue weighted by atomic mass is 35.5. The van der Waals surface area contributed by atoms with Crippen molar-refractivity contribution in [2.24, 2.45) is 5.41 Å². The van der Waals surface area contributed by atoms with Gasteiger partial charge in [-0.3, -0.25) is 4.79 Å². The minimum absolute atomic E-state index is 0.0311. The third-order valence-electron chi connectivity index (χ3n) is 4.68. The van der Waals surface area contributed by atoms with Crippen molar-refractivity contribution >= 4 is 46.3 Å². The van der Waals surface area contributed by atoms with Crippen molar-refractivity contribution in [3.63, 3.8) is 0 Å². The number of esters is 1. The lowest BCUT2D eigenvalue weighted by Crippen LogP contribution is -2.38. The second-order valence-corrected chi connectivity index (χ2v) is 9.54. The molecule has 7 heteroatoms. The lowest BCUT2D eigenvalue weighted by Gasteiger charge is -2.39. The molecule has 0 unspecified atom stereocenters. The number of ketones is 1. The summed E-state index contributed by atoms with van der Waals surface area (Å²) in [4.78, 5) is 26.4. The Bertz CT molecular complexity index is 851. The van der Waals surface area contributed by atoms with Crippen LogP contribution < -0.4 is 5.32 Å². The van der Waals surface area contributed by atoms with Crippen LogP contribution in [0.25, 0.3) is 0 Å². The smallest absolute Gasteiger partial charge is 0.336 e. The second kappa shape index (κ2) is 7.02. The van der Waals surface area contributed by atoms with Crippen LogP contribution in [0.15, 0.2) is 28.6 Å². The largest absolute Gasteiger partial charge is 0.463 e. The van der Waals surface area contributed by atoms with Crippen LogP contribution in [-0.4, -0.2) is 18.4 Å². The van der Waals surface area contributed by atoms with Gasteiger partial charge < -0.3 is 10.1 Å². The fourth-order valence-corrected chi connectivity index (χ4v) is 5.44. The zero-order chi connectivity index (χ0) is 19.2. The van der Waals surface area contributed by atoms with Crippen molar-refractivity contribution in [2.45, 2.75) is 46.5 Å². The number of ether oxygens (including phenoxy) is 1. The first-order valence-corrected chi connectivity index (χ1v) is 10.1. The van der Waals surface area contributed by atoms with Gasteiger partial charge in [-0.25, -0.2) is 4.79 Å². The monoisotopic (exact) mass is 413 g/mol. The molecule has 1 aliphatic heterocycles. The van der Waals surface area contributed by atoms with Gasteiger partial charge in [-0.15, -0.1) is 11.3 Å². The van der Waals surface area contributed by atoms with Gasteiger partial charge in [-0.1, -0.05) is 37.0 Å². The number of carbonyl (C=O) groups excluding carboxylic acids is 2. The fraction of sp³-hybridized carbons (Fsp3) is 0.474. The zero-order valence-corrected chi connectivity index (χ0v) is 17.5. The maximum absolute atomic E-state index is 13.0. The number of allylic oxidation sites excluding steroid dienone is 3. The van der Waals surface area contributed by atoms with E-state index < -0.39 is 11.9 Å². The zero-order valence-electron chi connectivity index (χ0n) is 15.2. The van der Waals surface area contributed by atoms with Crippen molar-refractivity contribution in [3.05, 3.63) is 42.8 Å². The van der Waals surface area contributed by atoms with Crippen molar-refractivity contribution in [1.82, 2.24) is 5.32 Å². The molecule has 3 rings (SSSR count). The molecule has 4 nitrogen and oxygen atoms in total. The van der Waals surface area contributed by atoms with Gasteiger partial charge in [0.25, 0.3) is 0 Å². The van der Waals surface area contributed by atoms with Gasteiger partial charge in [0.15, 0.2) is 5.78 Å². The molecule has 1 atom stereocenters. The van der Waals surface area contributed by atoms with Gasteiger partial charge in [-0.05, 0) is 31.7 Å². The third-order valence-corrected chi connectivity index (χ3v) is 6.43. The molecule has 26 heavy (non-hydrogen) atoms. The molecular formula is C19H21Cl2NO3S. The number of dihydropyridines is 1. The number of hydrogen-bond donors (Lipinski definition) is 1. The molecule has 2 heterocycles. The van der Waals surface area contributed by atoms with E-state index in [-0.39, 0.29) is 17.8 Å². The van der Waals surface area contributed by atoms with Crippen molar-refractivity contribution in [2.75, 3.05) is 6.61 Å². The Morgan fingerprint density at radius 3 is 2.65 bits per heavy atom. The molecule has 1 aliphatic carbocycles. The third kappa shape index (κ3) is 3.45. The van der Waals surface area contributed by atoms with Gasteiger partial charge in [0.05, 0.1) is 27.5 Å². The molecule has 0 aromatic carbocycles. The van der Waals surface area contributed by atoms with Gasteiger partial charge in [0.1, 0.15) is 0 Å². The number of rotatable bonds is 3. The Morgan fingerprint density at radius 1 is 1.38 bits per heavy atom. The second-order valence-electron chi connectivity index (χ2n) is 7.41. The quantitative estimate of drug-likeness (QED) is 0.689. The predicted molar refractivity (Wildman–Crippen MR) is 105 cm³/mol. The Kier molecular flexibility index (Phi) is 5.26. The Morgan fingerprint density at radius 2 is 2.08 bits per heavy atom. The van der Waals surface area contributed by atoms with E-state index in [0.29, 0.717) is 37.5 Å². The molecule has 0 bridgehead atoms. The molecule has 1 aromatic rings. The standard InChI is InChI=1S/C19H21Cl2NO3S/c1-5-25-18(24)14-9(2)22-11-7-19(3,4)8-12(23)15(11)16(14)17-10(20)6-13(21)26-17/h6,16,22H,5,7-8H2,1-4H3/t16-/m0/s1. The summed E-state index contributed by atoms with van der Waals surface area (Å²) >= 11 is 13.9. The summed E-state index contributed by atoms with van der Waals surface area (Å²) < 4.78 is 5.79. The van der Waals surface area contributed by atoms with E-state index >= 15 is 0 Å². The van der Waals surface area contributed by atoms with E-state index in [1.54, 1.807) is 13.0 Å². The number of thiophene rings is 1. The highest BCUT2D eigenvalue weighted by molar-refractivity contribution is 7.17. The topological polar surface area (TPSA) is 55.4 Å². The van der Waals surface area contributed by atoms with E-state index in [2.05, 4.69) is 19.2 Å². The first-order valence-electron chi connectivity index (χ1n) is 8.50. The van der Waals surface area contributed by atoms with E-state index in [1.165, 1.54) is 11.3 Å². The first kappa shape index (κ1) is 19.5. The highest BCUT2D eigenvalue weighted by Gasteiger charge is 2.44. The molecule has 2 aliphatic rings. The molecule has 0 amide bonds. The van der Waals surface area contributed by atoms with Gasteiger partial charge >= 0.3 is 5.97 Å². The molecule has 0 fully saturated rings. The van der Waals surface area contributed by atoms with Crippen molar-refractivity contribution in [1.29, 1.82) is 0 Å². The van der Waals surface area contributed by atoms with E-state index in [9.17, 15) is 9.59 Å². The van der Waals surface area contributed by atoms with Crippen LogP contribution in [0.2, 0.25) is 9.36 Å². The molecular weight excluding hydrogens is 393 g/mol. The molecule has 140 valence electrons. The molecule has 0 radical (unpaired) electrons. The summed E-state index contributed by atoms with van der Waals surface area (Å²) in [6, 6.07) is 1.65. The lowest BCUT2D eigenvalue weighted by molar-refractivity contribution is -0.138. The minimum Gasteiger partial charge on any atom is -0.463 e. The number of halogens is 2. The summed E-state index contributed by atoms with van der Waals surface area (Å²) in [6.45, 7) is 7.99. The maximum atomic E-state index is 13.0.